The zero-order chi connectivity index (χ0) is 20.4. The second-order valence-corrected chi connectivity index (χ2v) is 7.15. The van der Waals surface area contributed by atoms with Gasteiger partial charge in [-0.15, -0.1) is 0 Å². The quantitative estimate of drug-likeness (QED) is 0.584. The Balaban J connectivity index is 1.47. The van der Waals surface area contributed by atoms with Crippen LogP contribution in [0.3, 0.4) is 0 Å². The van der Waals surface area contributed by atoms with Crippen LogP contribution >= 0.6 is 0 Å². The molecule has 1 spiro atoms. The summed E-state index contributed by atoms with van der Waals surface area (Å²) in [6, 6.07) is 12.1. The summed E-state index contributed by atoms with van der Waals surface area (Å²) in [5.41, 5.74) is 1.57. The maximum atomic E-state index is 12.8. The predicted octanol–water partition coefficient (Wildman–Crippen LogP) is 1.26. The van der Waals surface area contributed by atoms with Crippen LogP contribution in [-0.4, -0.2) is 49.8 Å². The zero-order valence-corrected chi connectivity index (χ0v) is 16.0. The van der Waals surface area contributed by atoms with Crippen molar-refractivity contribution in [1.82, 2.24) is 5.32 Å². The lowest BCUT2D eigenvalue weighted by molar-refractivity contribution is -0.120. The number of fused-ring (bicyclic) bond motifs is 2. The monoisotopic (exact) mass is 397 g/mol. The Morgan fingerprint density at radius 3 is 2.90 bits per heavy atom. The van der Waals surface area contributed by atoms with Crippen molar-refractivity contribution in [3.8, 4) is 11.5 Å². The maximum absolute atomic E-state index is 12.8. The van der Waals surface area contributed by atoms with Gasteiger partial charge in [-0.2, -0.15) is 0 Å². The number of aliphatic hydroxyl groups is 1. The third-order valence-electron chi connectivity index (χ3n) is 5.42. The molecular formula is C21H23N3O5. The minimum Gasteiger partial charge on any atom is -0.493 e. The third kappa shape index (κ3) is 3.41. The van der Waals surface area contributed by atoms with Gasteiger partial charge in [-0.1, -0.05) is 18.2 Å². The summed E-state index contributed by atoms with van der Waals surface area (Å²) >= 11 is 0. The molecule has 2 aliphatic rings. The fourth-order valence-corrected chi connectivity index (χ4v) is 3.98. The molecule has 2 atom stereocenters. The maximum Gasteiger partial charge on any atom is 0.241 e. The molecule has 0 aromatic heterocycles. The molecule has 2 aromatic rings. The first-order valence-corrected chi connectivity index (χ1v) is 9.44. The van der Waals surface area contributed by atoms with Crippen molar-refractivity contribution >= 4 is 23.2 Å². The number of ether oxygens (including phenoxy) is 2. The van der Waals surface area contributed by atoms with Crippen LogP contribution in [-0.2, 0) is 15.0 Å². The summed E-state index contributed by atoms with van der Waals surface area (Å²) in [6.07, 6.45) is 0.385. The average Bonchev–Trinajstić information content (AvgIpc) is 3.30. The number of amides is 2. The van der Waals surface area contributed by atoms with Gasteiger partial charge in [0.05, 0.1) is 25.2 Å². The number of carbonyl (C=O) groups is 2. The predicted molar refractivity (Wildman–Crippen MR) is 107 cm³/mol. The highest BCUT2D eigenvalue weighted by atomic mass is 16.5. The van der Waals surface area contributed by atoms with E-state index < -0.39 is 11.5 Å². The fraction of sp³-hybridized carbons (Fsp3) is 0.333. The Morgan fingerprint density at radius 1 is 1.28 bits per heavy atom. The second kappa shape index (κ2) is 7.73. The Morgan fingerprint density at radius 2 is 2.10 bits per heavy atom. The van der Waals surface area contributed by atoms with Crippen molar-refractivity contribution in [3.05, 3.63) is 48.0 Å². The lowest BCUT2D eigenvalue weighted by Gasteiger charge is -2.20. The molecule has 1 fully saturated rings. The van der Waals surface area contributed by atoms with Gasteiger partial charge in [-0.25, -0.2) is 0 Å². The molecule has 0 bridgehead atoms. The molecule has 2 heterocycles. The highest BCUT2D eigenvalue weighted by Crippen LogP contribution is 2.43. The molecular weight excluding hydrogens is 374 g/mol. The number of benzene rings is 2. The van der Waals surface area contributed by atoms with E-state index >= 15 is 0 Å². The number of nitrogens with one attached hydrogen (secondary N) is 3. The van der Waals surface area contributed by atoms with Gasteiger partial charge in [-0.05, 0) is 30.2 Å². The molecule has 8 nitrogen and oxygen atoms in total. The number of hydrogen-bond donors (Lipinski definition) is 4. The Kier molecular flexibility index (Phi) is 5.12. The summed E-state index contributed by atoms with van der Waals surface area (Å²) in [5, 5.41) is 17.9. The van der Waals surface area contributed by atoms with Crippen LogP contribution in [0.5, 0.6) is 11.5 Å². The molecule has 1 saturated heterocycles. The summed E-state index contributed by atoms with van der Waals surface area (Å²) in [4.78, 5) is 25.5. The first kappa shape index (κ1) is 19.2. The molecule has 0 saturated carbocycles. The van der Waals surface area contributed by atoms with Crippen LogP contribution in [0.15, 0.2) is 42.5 Å². The molecule has 2 amide bonds. The Labute approximate surface area is 168 Å². The number of para-hydroxylation sites is 1. The van der Waals surface area contributed by atoms with Crippen LogP contribution < -0.4 is 25.4 Å². The smallest absolute Gasteiger partial charge is 0.241 e. The molecule has 152 valence electrons. The van der Waals surface area contributed by atoms with E-state index in [9.17, 15) is 9.59 Å². The van der Waals surface area contributed by atoms with Crippen LogP contribution in [0.25, 0.3) is 0 Å². The molecule has 0 radical (unpaired) electrons. The molecule has 0 aliphatic carbocycles. The molecule has 8 heteroatoms. The second-order valence-electron chi connectivity index (χ2n) is 7.15. The standard InChI is InChI=1S/C21H23N3O5/c1-28-18-10-13(6-7-17(18)29-9-8-25)23-19(26)16-11-21(12-22-16)14-4-2-3-5-15(14)24-20(21)27/h2-7,10,16,22,25H,8-9,11-12H2,1H3,(H,23,26)(H,24,27). The van der Waals surface area contributed by atoms with E-state index in [0.717, 1.165) is 11.3 Å². The molecule has 2 aliphatic heterocycles. The van der Waals surface area contributed by atoms with Gasteiger partial charge in [0.1, 0.15) is 6.61 Å². The number of anilines is 2. The largest absolute Gasteiger partial charge is 0.493 e. The van der Waals surface area contributed by atoms with Crippen molar-refractivity contribution in [2.24, 2.45) is 0 Å². The van der Waals surface area contributed by atoms with Crippen molar-refractivity contribution in [3.63, 3.8) is 0 Å². The zero-order valence-electron chi connectivity index (χ0n) is 16.0. The Bertz CT molecular complexity index is 948. The van der Waals surface area contributed by atoms with E-state index in [0.29, 0.717) is 30.2 Å². The normalized spacial score (nSPS) is 22.3. The van der Waals surface area contributed by atoms with E-state index in [2.05, 4.69) is 16.0 Å². The van der Waals surface area contributed by atoms with Gasteiger partial charge < -0.3 is 30.5 Å². The van der Waals surface area contributed by atoms with Gasteiger partial charge >= 0.3 is 0 Å². The van der Waals surface area contributed by atoms with Gasteiger partial charge in [-0.3, -0.25) is 9.59 Å². The van der Waals surface area contributed by atoms with E-state index in [-0.39, 0.29) is 25.0 Å². The van der Waals surface area contributed by atoms with Crippen LogP contribution in [0.2, 0.25) is 0 Å². The first-order chi connectivity index (χ1) is 14.1. The fourth-order valence-electron chi connectivity index (χ4n) is 3.98. The highest BCUT2D eigenvalue weighted by molar-refractivity contribution is 6.08. The van der Waals surface area contributed by atoms with Crippen molar-refractivity contribution in [2.45, 2.75) is 17.9 Å². The van der Waals surface area contributed by atoms with Crippen molar-refractivity contribution in [2.75, 3.05) is 37.5 Å². The molecule has 29 heavy (non-hydrogen) atoms. The number of aliphatic hydroxyl groups excluding tert-OH is 1. The van der Waals surface area contributed by atoms with Crippen LogP contribution in [0.1, 0.15) is 12.0 Å². The van der Waals surface area contributed by atoms with E-state index in [4.69, 9.17) is 14.6 Å². The minimum absolute atomic E-state index is 0.0754. The van der Waals surface area contributed by atoms with E-state index in [1.165, 1.54) is 7.11 Å². The van der Waals surface area contributed by atoms with Crippen molar-refractivity contribution in [1.29, 1.82) is 0 Å². The number of carbonyl (C=O) groups excluding carboxylic acids is 2. The van der Waals surface area contributed by atoms with Crippen molar-refractivity contribution < 1.29 is 24.2 Å². The van der Waals surface area contributed by atoms with E-state index in [1.807, 2.05) is 24.3 Å². The SMILES string of the molecule is COc1cc(NC(=O)C2CC3(CN2)C(=O)Nc2ccccc23)ccc1OCCO. The van der Waals surface area contributed by atoms with Gasteiger partial charge in [0, 0.05) is 24.0 Å². The number of hydrogen-bond acceptors (Lipinski definition) is 6. The average molecular weight is 397 g/mol. The molecule has 2 unspecified atom stereocenters. The van der Waals surface area contributed by atoms with Gasteiger partial charge in [0.15, 0.2) is 11.5 Å². The molecule has 2 aromatic carbocycles. The topological polar surface area (TPSA) is 109 Å². The van der Waals surface area contributed by atoms with E-state index in [1.54, 1.807) is 18.2 Å². The van der Waals surface area contributed by atoms with Gasteiger partial charge in [0.25, 0.3) is 0 Å². The summed E-state index contributed by atoms with van der Waals surface area (Å²) in [5.74, 6) is 0.645. The molecule has 4 N–H and O–H groups in total. The van der Waals surface area contributed by atoms with Gasteiger partial charge in [0.2, 0.25) is 11.8 Å². The summed E-state index contributed by atoms with van der Waals surface area (Å²) in [7, 11) is 1.51. The van der Waals surface area contributed by atoms with Crippen LogP contribution in [0, 0.1) is 0 Å². The summed E-state index contributed by atoms with van der Waals surface area (Å²) < 4.78 is 10.7. The third-order valence-corrected chi connectivity index (χ3v) is 5.42. The lowest BCUT2D eigenvalue weighted by Crippen LogP contribution is -2.36. The summed E-state index contributed by atoms with van der Waals surface area (Å²) in [6.45, 7) is 0.457. The number of rotatable bonds is 6. The van der Waals surface area contributed by atoms with Crippen LogP contribution in [0.4, 0.5) is 11.4 Å². The first-order valence-electron chi connectivity index (χ1n) is 9.44. The number of methoxy groups -OCH3 is 1. The lowest BCUT2D eigenvalue weighted by atomic mass is 9.79. The molecule has 4 rings (SSSR count). The Hall–Kier alpha value is -3.10. The minimum atomic E-state index is -0.724. The highest BCUT2D eigenvalue weighted by Gasteiger charge is 2.52.